The van der Waals surface area contributed by atoms with E-state index in [1.165, 1.54) is 7.11 Å². The number of ether oxygens (including phenoxy) is 1. The van der Waals surface area contributed by atoms with Gasteiger partial charge in [-0.1, -0.05) is 11.8 Å². The maximum Gasteiger partial charge on any atom is 0.288 e. The molecule has 21 heavy (non-hydrogen) atoms. The number of halogens is 1. The van der Waals surface area contributed by atoms with Gasteiger partial charge < -0.3 is 10.1 Å². The predicted octanol–water partition coefficient (Wildman–Crippen LogP) is 1.88. The molecule has 0 aliphatic carbocycles. The quantitative estimate of drug-likeness (QED) is 0.853. The van der Waals surface area contributed by atoms with Crippen molar-refractivity contribution in [3.63, 3.8) is 0 Å². The summed E-state index contributed by atoms with van der Waals surface area (Å²) in [6, 6.07) is 5.07. The van der Waals surface area contributed by atoms with Crippen LogP contribution in [0.3, 0.4) is 0 Å². The van der Waals surface area contributed by atoms with Crippen LogP contribution >= 0.6 is 27.7 Å². The number of thioether (sulfide) groups is 1. The lowest BCUT2D eigenvalue weighted by atomic mass is 10.2. The fraction of sp³-hybridized carbons (Fsp3) is 0.308. The largest absolute Gasteiger partial charge is 0.497 e. The number of imide groups is 1. The standard InChI is InChI=1S/C13H13BrN2O4S/c1-20-8-2-3-10(14)9(6-8)12(18)15-4-5-16-11(17)7-21-13(16)19/h2-3,6H,4-5,7H2,1H3,(H,15,18). The maximum absolute atomic E-state index is 12.1. The zero-order valence-electron chi connectivity index (χ0n) is 11.2. The summed E-state index contributed by atoms with van der Waals surface area (Å²) in [5.41, 5.74) is 0.433. The lowest BCUT2D eigenvalue weighted by Gasteiger charge is -2.13. The van der Waals surface area contributed by atoms with Gasteiger partial charge in [-0.15, -0.1) is 0 Å². The third-order valence-electron chi connectivity index (χ3n) is 2.88. The van der Waals surface area contributed by atoms with Gasteiger partial charge in [0.2, 0.25) is 5.91 Å². The van der Waals surface area contributed by atoms with E-state index in [-0.39, 0.29) is 35.9 Å². The fourth-order valence-electron chi connectivity index (χ4n) is 1.78. The minimum absolute atomic E-state index is 0.175. The SMILES string of the molecule is COc1ccc(Br)c(C(=O)NCCN2C(=O)CSC2=O)c1. The molecule has 0 bridgehead atoms. The average Bonchev–Trinajstić information content (AvgIpc) is 2.79. The van der Waals surface area contributed by atoms with Gasteiger partial charge in [-0.05, 0) is 34.1 Å². The highest BCUT2D eigenvalue weighted by Crippen LogP contribution is 2.22. The molecule has 3 amide bonds. The van der Waals surface area contributed by atoms with Gasteiger partial charge in [0.15, 0.2) is 0 Å². The lowest BCUT2D eigenvalue weighted by molar-refractivity contribution is -0.124. The summed E-state index contributed by atoms with van der Waals surface area (Å²) in [7, 11) is 1.52. The molecule has 1 saturated heterocycles. The van der Waals surface area contributed by atoms with Gasteiger partial charge in [0.25, 0.3) is 11.1 Å². The molecule has 1 fully saturated rings. The van der Waals surface area contributed by atoms with Crippen LogP contribution in [0, 0.1) is 0 Å². The van der Waals surface area contributed by atoms with Crippen molar-refractivity contribution in [1.82, 2.24) is 10.2 Å². The Labute approximate surface area is 134 Å². The van der Waals surface area contributed by atoms with E-state index in [0.717, 1.165) is 16.7 Å². The molecule has 1 aromatic rings. The first-order valence-corrected chi connectivity index (χ1v) is 7.89. The molecule has 0 saturated carbocycles. The fourth-order valence-corrected chi connectivity index (χ4v) is 2.96. The number of nitrogens with zero attached hydrogens (tertiary/aromatic N) is 1. The zero-order chi connectivity index (χ0) is 15.4. The Morgan fingerprint density at radius 3 is 2.86 bits per heavy atom. The number of amides is 3. The molecule has 1 aromatic carbocycles. The Kier molecular flexibility index (Phi) is 5.24. The van der Waals surface area contributed by atoms with E-state index >= 15 is 0 Å². The number of methoxy groups -OCH3 is 1. The molecule has 2 rings (SSSR count). The minimum atomic E-state index is -0.299. The summed E-state index contributed by atoms with van der Waals surface area (Å²) in [6.45, 7) is 0.387. The summed E-state index contributed by atoms with van der Waals surface area (Å²) in [5.74, 6) is 0.229. The number of carbonyl (C=O) groups is 3. The topological polar surface area (TPSA) is 75.7 Å². The second kappa shape index (κ2) is 6.95. The van der Waals surface area contributed by atoms with Crippen molar-refractivity contribution < 1.29 is 19.1 Å². The number of benzene rings is 1. The van der Waals surface area contributed by atoms with Crippen LogP contribution in [0.4, 0.5) is 4.79 Å². The third kappa shape index (κ3) is 3.76. The van der Waals surface area contributed by atoms with Crippen LogP contribution in [0.15, 0.2) is 22.7 Å². The van der Waals surface area contributed by atoms with E-state index in [0.29, 0.717) is 15.8 Å². The third-order valence-corrected chi connectivity index (χ3v) is 4.43. The van der Waals surface area contributed by atoms with Gasteiger partial charge >= 0.3 is 0 Å². The van der Waals surface area contributed by atoms with Gasteiger partial charge in [0.05, 0.1) is 18.4 Å². The Morgan fingerprint density at radius 1 is 1.48 bits per heavy atom. The van der Waals surface area contributed by atoms with Crippen molar-refractivity contribution >= 4 is 44.7 Å². The highest BCUT2D eigenvalue weighted by Gasteiger charge is 2.29. The molecular formula is C13H13BrN2O4S. The van der Waals surface area contributed by atoms with Gasteiger partial charge in [-0.3, -0.25) is 19.3 Å². The average molecular weight is 373 g/mol. The first-order valence-electron chi connectivity index (χ1n) is 6.12. The van der Waals surface area contributed by atoms with Crippen molar-refractivity contribution in [3.8, 4) is 5.75 Å². The first kappa shape index (κ1) is 15.8. The molecule has 6 nitrogen and oxygen atoms in total. The van der Waals surface area contributed by atoms with Crippen LogP contribution in [0.1, 0.15) is 10.4 Å². The molecule has 1 heterocycles. The Hall–Kier alpha value is -1.54. The second-order valence-electron chi connectivity index (χ2n) is 4.20. The van der Waals surface area contributed by atoms with E-state index in [9.17, 15) is 14.4 Å². The van der Waals surface area contributed by atoms with Crippen LogP contribution in [0.25, 0.3) is 0 Å². The van der Waals surface area contributed by atoms with Crippen LogP contribution < -0.4 is 10.1 Å². The van der Waals surface area contributed by atoms with Crippen LogP contribution in [-0.4, -0.2) is 47.9 Å². The van der Waals surface area contributed by atoms with E-state index < -0.39 is 0 Å². The minimum Gasteiger partial charge on any atom is -0.497 e. The lowest BCUT2D eigenvalue weighted by Crippen LogP contribution is -2.37. The number of hydrogen-bond donors (Lipinski definition) is 1. The van der Waals surface area contributed by atoms with E-state index in [2.05, 4.69) is 21.2 Å². The van der Waals surface area contributed by atoms with Crippen molar-refractivity contribution in [2.75, 3.05) is 26.0 Å². The Balaban J connectivity index is 1.93. The predicted molar refractivity (Wildman–Crippen MR) is 82.6 cm³/mol. The molecule has 0 atom stereocenters. The Bertz CT molecular complexity index is 578. The first-order chi connectivity index (χ1) is 10.0. The summed E-state index contributed by atoms with van der Waals surface area (Å²) in [4.78, 5) is 36.0. The van der Waals surface area contributed by atoms with Gasteiger partial charge in [-0.25, -0.2) is 0 Å². The molecule has 112 valence electrons. The number of carbonyl (C=O) groups excluding carboxylic acids is 3. The summed E-state index contributed by atoms with van der Waals surface area (Å²) in [6.07, 6.45) is 0. The van der Waals surface area contributed by atoms with Crippen molar-refractivity contribution in [2.45, 2.75) is 0 Å². The highest BCUT2D eigenvalue weighted by molar-refractivity contribution is 9.10. The van der Waals surface area contributed by atoms with Crippen LogP contribution in [0.5, 0.6) is 5.75 Å². The molecule has 1 aliphatic rings. The van der Waals surface area contributed by atoms with E-state index in [4.69, 9.17) is 4.74 Å². The molecule has 1 N–H and O–H groups in total. The van der Waals surface area contributed by atoms with Crippen LogP contribution in [0.2, 0.25) is 0 Å². The van der Waals surface area contributed by atoms with Crippen molar-refractivity contribution in [1.29, 1.82) is 0 Å². The number of rotatable bonds is 5. The van der Waals surface area contributed by atoms with E-state index in [1.807, 2.05) is 0 Å². The zero-order valence-corrected chi connectivity index (χ0v) is 13.6. The van der Waals surface area contributed by atoms with Gasteiger partial charge in [0.1, 0.15) is 5.75 Å². The van der Waals surface area contributed by atoms with Crippen LogP contribution in [-0.2, 0) is 4.79 Å². The smallest absolute Gasteiger partial charge is 0.288 e. The summed E-state index contributed by atoms with van der Waals surface area (Å²) < 4.78 is 5.72. The second-order valence-corrected chi connectivity index (χ2v) is 5.98. The monoisotopic (exact) mass is 372 g/mol. The molecule has 0 radical (unpaired) electrons. The van der Waals surface area contributed by atoms with Gasteiger partial charge in [-0.2, -0.15) is 0 Å². The molecule has 8 heteroatoms. The molecule has 0 aromatic heterocycles. The molecular weight excluding hydrogens is 360 g/mol. The van der Waals surface area contributed by atoms with Gasteiger partial charge in [0, 0.05) is 17.6 Å². The summed E-state index contributed by atoms with van der Waals surface area (Å²) in [5, 5.41) is 2.41. The van der Waals surface area contributed by atoms with Crippen molar-refractivity contribution in [3.05, 3.63) is 28.2 Å². The molecule has 1 aliphatic heterocycles. The van der Waals surface area contributed by atoms with E-state index in [1.54, 1.807) is 18.2 Å². The van der Waals surface area contributed by atoms with Crippen molar-refractivity contribution in [2.24, 2.45) is 0 Å². The maximum atomic E-state index is 12.1. The Morgan fingerprint density at radius 2 is 2.24 bits per heavy atom. The number of nitrogens with one attached hydrogen (secondary N) is 1. The highest BCUT2D eigenvalue weighted by atomic mass is 79.9. The molecule has 0 unspecified atom stereocenters. The summed E-state index contributed by atoms with van der Waals surface area (Å²) >= 11 is 4.28. The normalized spacial score (nSPS) is 14.5. The number of hydrogen-bond acceptors (Lipinski definition) is 5. The molecule has 0 spiro atoms.